The van der Waals surface area contributed by atoms with Gasteiger partial charge in [0.1, 0.15) is 6.29 Å². The zero-order chi connectivity index (χ0) is 22.6. The lowest BCUT2D eigenvalue weighted by molar-refractivity contribution is 0.0174. The van der Waals surface area contributed by atoms with E-state index in [1.165, 1.54) is 51.5 Å². The van der Waals surface area contributed by atoms with Crippen LogP contribution in [0.4, 0.5) is 0 Å². The molecule has 5 rings (SSSR count). The van der Waals surface area contributed by atoms with Crippen LogP contribution in [0.25, 0.3) is 0 Å². The molecule has 0 aromatic carbocycles. The third-order valence-electron chi connectivity index (χ3n) is 8.74. The minimum Gasteiger partial charge on any atom is -0.381 e. The molecule has 0 aromatic heterocycles. The van der Waals surface area contributed by atoms with Gasteiger partial charge in [0, 0.05) is 44.4 Å². The summed E-state index contributed by atoms with van der Waals surface area (Å²) in [6.45, 7) is 8.50. The lowest BCUT2D eigenvalue weighted by atomic mass is 9.72. The number of fused-ring (bicyclic) bond motifs is 1. The molecule has 7 nitrogen and oxygen atoms in total. The van der Waals surface area contributed by atoms with E-state index in [1.807, 2.05) is 0 Å². The third kappa shape index (κ3) is 6.37. The third-order valence-corrected chi connectivity index (χ3v) is 8.74. The van der Waals surface area contributed by atoms with Crippen molar-refractivity contribution in [2.75, 3.05) is 46.5 Å². The second-order valence-electron chi connectivity index (χ2n) is 11.4. The number of hydrogen-bond donors (Lipinski definition) is 4. The smallest absolute Gasteiger partial charge is 0.113 e. The lowest BCUT2D eigenvalue weighted by Gasteiger charge is -2.43. The first kappa shape index (κ1) is 24.2. The Hall–Kier alpha value is -0.540. The highest BCUT2D eigenvalue weighted by molar-refractivity contribution is 5.15. The van der Waals surface area contributed by atoms with Gasteiger partial charge in [-0.25, -0.2) is 0 Å². The highest BCUT2D eigenvalue weighted by Gasteiger charge is 2.43. The number of nitrogens with zero attached hydrogens (tertiary/aromatic N) is 1. The van der Waals surface area contributed by atoms with E-state index < -0.39 is 0 Å². The predicted molar refractivity (Wildman–Crippen MR) is 132 cm³/mol. The first-order valence-corrected chi connectivity index (χ1v) is 13.7. The maximum atomic E-state index is 6.32. The SMILES string of the molecule is CC1CC(NCC2CCOCC2)NC(NC2CC3CCOC3C(C3=CCN(C)CCC3)C2)N1. The molecule has 1 saturated carbocycles. The molecule has 4 heterocycles. The van der Waals surface area contributed by atoms with E-state index in [2.05, 4.69) is 46.2 Å². The maximum Gasteiger partial charge on any atom is 0.113 e. The van der Waals surface area contributed by atoms with E-state index in [9.17, 15) is 0 Å². The molecule has 188 valence electrons. The lowest BCUT2D eigenvalue weighted by Crippen LogP contribution is -2.68. The molecule has 7 unspecified atom stereocenters. The molecule has 0 amide bonds. The molecule has 4 N–H and O–H groups in total. The molecule has 3 saturated heterocycles. The van der Waals surface area contributed by atoms with Crippen molar-refractivity contribution >= 4 is 0 Å². The number of likely N-dealkylation sites (N-methyl/N-ethyl adjacent to an activating group) is 1. The van der Waals surface area contributed by atoms with Crippen LogP contribution in [0.15, 0.2) is 11.6 Å². The number of rotatable bonds is 6. The molecule has 0 radical (unpaired) electrons. The summed E-state index contributed by atoms with van der Waals surface area (Å²) in [5.74, 6) is 2.03. The molecule has 4 aliphatic heterocycles. The average molecular weight is 462 g/mol. The maximum absolute atomic E-state index is 6.32. The summed E-state index contributed by atoms with van der Waals surface area (Å²) in [7, 11) is 2.24. The van der Waals surface area contributed by atoms with Gasteiger partial charge in [0.25, 0.3) is 0 Å². The molecule has 33 heavy (non-hydrogen) atoms. The Kier molecular flexibility index (Phi) is 8.40. The van der Waals surface area contributed by atoms with Crippen LogP contribution in [0.1, 0.15) is 58.3 Å². The van der Waals surface area contributed by atoms with Crippen molar-refractivity contribution in [2.24, 2.45) is 17.8 Å². The van der Waals surface area contributed by atoms with Crippen LogP contribution in [0.5, 0.6) is 0 Å². The molecule has 7 heteroatoms. The summed E-state index contributed by atoms with van der Waals surface area (Å²) in [6.07, 6.45) is 13.2. The van der Waals surface area contributed by atoms with E-state index in [1.54, 1.807) is 5.57 Å². The molecule has 7 atom stereocenters. The van der Waals surface area contributed by atoms with Crippen molar-refractivity contribution < 1.29 is 9.47 Å². The van der Waals surface area contributed by atoms with Crippen LogP contribution in [0.2, 0.25) is 0 Å². The van der Waals surface area contributed by atoms with Crippen LogP contribution >= 0.6 is 0 Å². The Labute approximate surface area is 200 Å². The Morgan fingerprint density at radius 1 is 1.09 bits per heavy atom. The van der Waals surface area contributed by atoms with Gasteiger partial charge < -0.3 is 19.7 Å². The predicted octanol–water partition coefficient (Wildman–Crippen LogP) is 2.01. The molecule has 4 fully saturated rings. The van der Waals surface area contributed by atoms with Crippen molar-refractivity contribution in [3.05, 3.63) is 11.6 Å². The van der Waals surface area contributed by atoms with Gasteiger partial charge in [-0.05, 0) is 90.3 Å². The molecular weight excluding hydrogens is 414 g/mol. The van der Waals surface area contributed by atoms with Crippen LogP contribution in [-0.2, 0) is 9.47 Å². The largest absolute Gasteiger partial charge is 0.381 e. The van der Waals surface area contributed by atoms with E-state index in [0.29, 0.717) is 36.2 Å². The Morgan fingerprint density at radius 3 is 2.85 bits per heavy atom. The summed E-state index contributed by atoms with van der Waals surface area (Å²) in [6, 6.07) is 1.03. The van der Waals surface area contributed by atoms with Gasteiger partial charge in [0.2, 0.25) is 0 Å². The Balaban J connectivity index is 1.18. The summed E-state index contributed by atoms with van der Waals surface area (Å²) in [5.41, 5.74) is 1.66. The van der Waals surface area contributed by atoms with Crippen LogP contribution in [0, 0.1) is 17.8 Å². The Bertz CT molecular complexity index is 655. The van der Waals surface area contributed by atoms with Gasteiger partial charge in [-0.3, -0.25) is 16.0 Å². The van der Waals surface area contributed by atoms with E-state index in [0.717, 1.165) is 45.2 Å². The fourth-order valence-corrected chi connectivity index (χ4v) is 6.87. The molecular formula is C26H47N5O2. The van der Waals surface area contributed by atoms with Crippen molar-refractivity contribution in [3.8, 4) is 0 Å². The van der Waals surface area contributed by atoms with Gasteiger partial charge in [-0.2, -0.15) is 0 Å². The minimum absolute atomic E-state index is 0.166. The van der Waals surface area contributed by atoms with Crippen molar-refractivity contribution in [1.82, 2.24) is 26.2 Å². The highest BCUT2D eigenvalue weighted by Crippen LogP contribution is 2.42. The van der Waals surface area contributed by atoms with Gasteiger partial charge >= 0.3 is 0 Å². The number of nitrogens with one attached hydrogen (secondary N) is 4. The highest BCUT2D eigenvalue weighted by atomic mass is 16.5. The second-order valence-corrected chi connectivity index (χ2v) is 11.4. The Morgan fingerprint density at radius 2 is 1.97 bits per heavy atom. The summed E-state index contributed by atoms with van der Waals surface area (Å²) >= 11 is 0. The first-order valence-electron chi connectivity index (χ1n) is 13.7. The van der Waals surface area contributed by atoms with E-state index >= 15 is 0 Å². The molecule has 0 spiro atoms. The van der Waals surface area contributed by atoms with Crippen molar-refractivity contribution in [1.29, 1.82) is 0 Å². The number of hydrogen-bond acceptors (Lipinski definition) is 7. The standard InChI is InChI=1S/C26H47N5O2/c1-18-14-24(27-17-19-6-11-32-12-7-19)30-26(28-18)29-22-15-21-8-13-33-25(21)23(16-22)20-4-3-9-31(2)10-5-20/h5,18-19,21-30H,3-4,6-17H2,1-2H3. The zero-order valence-electron chi connectivity index (χ0n) is 20.9. The molecule has 5 aliphatic rings. The van der Waals surface area contributed by atoms with Gasteiger partial charge in [0.05, 0.1) is 12.3 Å². The van der Waals surface area contributed by atoms with Gasteiger partial charge in [-0.1, -0.05) is 11.6 Å². The second kappa shape index (κ2) is 11.5. The fraction of sp³-hybridized carbons (Fsp3) is 0.923. The van der Waals surface area contributed by atoms with E-state index in [4.69, 9.17) is 9.47 Å². The molecule has 1 aliphatic carbocycles. The van der Waals surface area contributed by atoms with Crippen LogP contribution < -0.4 is 21.3 Å². The summed E-state index contributed by atoms with van der Waals surface area (Å²) in [4.78, 5) is 2.45. The summed E-state index contributed by atoms with van der Waals surface area (Å²) < 4.78 is 11.8. The molecule has 0 aromatic rings. The van der Waals surface area contributed by atoms with E-state index in [-0.39, 0.29) is 6.29 Å². The quantitative estimate of drug-likeness (QED) is 0.451. The minimum atomic E-state index is 0.166. The zero-order valence-corrected chi connectivity index (χ0v) is 20.9. The molecule has 0 bridgehead atoms. The van der Waals surface area contributed by atoms with Crippen LogP contribution in [-0.4, -0.2) is 82.0 Å². The van der Waals surface area contributed by atoms with Crippen molar-refractivity contribution in [2.45, 2.75) is 88.9 Å². The number of ether oxygens (including phenoxy) is 2. The monoisotopic (exact) mass is 461 g/mol. The van der Waals surface area contributed by atoms with Gasteiger partial charge in [0.15, 0.2) is 0 Å². The first-order chi connectivity index (χ1) is 16.1. The topological polar surface area (TPSA) is 69.8 Å². The van der Waals surface area contributed by atoms with Crippen LogP contribution in [0.3, 0.4) is 0 Å². The normalized spacial score (nSPS) is 41.4. The van der Waals surface area contributed by atoms with Crippen molar-refractivity contribution in [3.63, 3.8) is 0 Å². The fourth-order valence-electron chi connectivity index (χ4n) is 6.87. The van der Waals surface area contributed by atoms with Gasteiger partial charge in [-0.15, -0.1) is 0 Å². The average Bonchev–Trinajstić information content (AvgIpc) is 3.18. The summed E-state index contributed by atoms with van der Waals surface area (Å²) in [5, 5.41) is 15.4.